The van der Waals surface area contributed by atoms with Crippen LogP contribution in [0.15, 0.2) is 0 Å². The van der Waals surface area contributed by atoms with Crippen molar-refractivity contribution in [1.29, 1.82) is 0 Å². The maximum absolute atomic E-state index is 5.40. The predicted molar refractivity (Wildman–Crippen MR) is 51.3 cm³/mol. The van der Waals surface area contributed by atoms with Gasteiger partial charge in [-0.05, 0) is 26.2 Å². The van der Waals surface area contributed by atoms with Gasteiger partial charge in [0.05, 0.1) is 6.61 Å². The highest BCUT2D eigenvalue weighted by Gasteiger charge is 2.14. The molecule has 2 heteroatoms. The van der Waals surface area contributed by atoms with E-state index in [2.05, 4.69) is 19.2 Å². The maximum atomic E-state index is 5.40. The smallest absolute Gasteiger partial charge is 0.0619 e. The Morgan fingerprint density at radius 1 is 1.58 bits per heavy atom. The zero-order valence-electron chi connectivity index (χ0n) is 8.31. The van der Waals surface area contributed by atoms with Crippen molar-refractivity contribution < 1.29 is 4.74 Å². The van der Waals surface area contributed by atoms with Crippen LogP contribution in [0.2, 0.25) is 0 Å². The Kier molecular flexibility index (Phi) is 4.62. The SMILES string of the molecule is CCCC(C)NC1CCCOC1. The van der Waals surface area contributed by atoms with E-state index in [-0.39, 0.29) is 0 Å². The molecule has 2 nitrogen and oxygen atoms in total. The van der Waals surface area contributed by atoms with Gasteiger partial charge in [0.15, 0.2) is 0 Å². The fourth-order valence-corrected chi connectivity index (χ4v) is 1.79. The van der Waals surface area contributed by atoms with Crippen LogP contribution in [0.1, 0.15) is 39.5 Å². The Morgan fingerprint density at radius 3 is 3.00 bits per heavy atom. The average molecular weight is 171 g/mol. The maximum Gasteiger partial charge on any atom is 0.0619 e. The highest BCUT2D eigenvalue weighted by molar-refractivity contribution is 4.73. The summed E-state index contributed by atoms with van der Waals surface area (Å²) in [5.74, 6) is 0. The van der Waals surface area contributed by atoms with Crippen LogP contribution >= 0.6 is 0 Å². The van der Waals surface area contributed by atoms with E-state index in [1.54, 1.807) is 0 Å². The molecule has 0 bridgehead atoms. The van der Waals surface area contributed by atoms with Crippen molar-refractivity contribution in [3.8, 4) is 0 Å². The molecular formula is C10H21NO. The van der Waals surface area contributed by atoms with Gasteiger partial charge in [-0.2, -0.15) is 0 Å². The summed E-state index contributed by atoms with van der Waals surface area (Å²) in [5.41, 5.74) is 0. The Morgan fingerprint density at radius 2 is 2.42 bits per heavy atom. The van der Waals surface area contributed by atoms with Gasteiger partial charge >= 0.3 is 0 Å². The van der Waals surface area contributed by atoms with Crippen LogP contribution < -0.4 is 5.32 Å². The third kappa shape index (κ3) is 3.55. The van der Waals surface area contributed by atoms with Gasteiger partial charge in [-0.3, -0.25) is 0 Å². The molecule has 0 spiro atoms. The molecule has 0 aromatic rings. The van der Waals surface area contributed by atoms with E-state index in [9.17, 15) is 0 Å². The topological polar surface area (TPSA) is 21.3 Å². The monoisotopic (exact) mass is 171 g/mol. The molecule has 1 aliphatic heterocycles. The van der Waals surface area contributed by atoms with E-state index in [1.807, 2.05) is 0 Å². The quantitative estimate of drug-likeness (QED) is 0.698. The Labute approximate surface area is 75.7 Å². The first-order valence-electron chi connectivity index (χ1n) is 5.16. The number of hydrogen-bond acceptors (Lipinski definition) is 2. The number of rotatable bonds is 4. The minimum absolute atomic E-state index is 0.611. The first-order chi connectivity index (χ1) is 5.83. The van der Waals surface area contributed by atoms with Crippen molar-refractivity contribution >= 4 is 0 Å². The largest absolute Gasteiger partial charge is 0.380 e. The van der Waals surface area contributed by atoms with E-state index in [0.29, 0.717) is 12.1 Å². The first kappa shape index (κ1) is 10.0. The summed E-state index contributed by atoms with van der Waals surface area (Å²) in [7, 11) is 0. The summed E-state index contributed by atoms with van der Waals surface area (Å²) in [6, 6.07) is 1.27. The van der Waals surface area contributed by atoms with Gasteiger partial charge in [-0.1, -0.05) is 13.3 Å². The van der Waals surface area contributed by atoms with Crippen molar-refractivity contribution in [3.63, 3.8) is 0 Å². The molecule has 1 rings (SSSR count). The van der Waals surface area contributed by atoms with E-state index in [1.165, 1.54) is 25.7 Å². The van der Waals surface area contributed by atoms with Gasteiger partial charge < -0.3 is 10.1 Å². The molecule has 2 atom stereocenters. The van der Waals surface area contributed by atoms with E-state index >= 15 is 0 Å². The third-order valence-electron chi connectivity index (χ3n) is 2.40. The lowest BCUT2D eigenvalue weighted by Crippen LogP contribution is -2.41. The molecule has 1 fully saturated rings. The lowest BCUT2D eigenvalue weighted by molar-refractivity contribution is 0.0667. The average Bonchev–Trinajstić information content (AvgIpc) is 2.06. The predicted octanol–water partition coefficient (Wildman–Crippen LogP) is 1.94. The van der Waals surface area contributed by atoms with Gasteiger partial charge in [0, 0.05) is 18.7 Å². The summed E-state index contributed by atoms with van der Waals surface area (Å²) < 4.78 is 5.40. The van der Waals surface area contributed by atoms with Crippen molar-refractivity contribution in [3.05, 3.63) is 0 Å². The molecule has 0 aromatic carbocycles. The van der Waals surface area contributed by atoms with Gasteiger partial charge in [-0.25, -0.2) is 0 Å². The van der Waals surface area contributed by atoms with Gasteiger partial charge in [-0.15, -0.1) is 0 Å². The number of hydrogen-bond donors (Lipinski definition) is 1. The highest BCUT2D eigenvalue weighted by Crippen LogP contribution is 2.07. The van der Waals surface area contributed by atoms with Crippen LogP contribution in [-0.2, 0) is 4.74 Å². The second kappa shape index (κ2) is 5.55. The van der Waals surface area contributed by atoms with Crippen molar-refractivity contribution in [2.45, 2.75) is 51.6 Å². The van der Waals surface area contributed by atoms with Gasteiger partial charge in [0.2, 0.25) is 0 Å². The molecule has 2 unspecified atom stereocenters. The first-order valence-corrected chi connectivity index (χ1v) is 5.16. The Bertz CT molecular complexity index is 110. The summed E-state index contributed by atoms with van der Waals surface area (Å²) in [5, 5.41) is 3.59. The van der Waals surface area contributed by atoms with Crippen molar-refractivity contribution in [2.75, 3.05) is 13.2 Å². The van der Waals surface area contributed by atoms with Crippen LogP contribution in [0.5, 0.6) is 0 Å². The van der Waals surface area contributed by atoms with Crippen LogP contribution in [0.4, 0.5) is 0 Å². The standard InChI is InChI=1S/C10H21NO/c1-3-5-9(2)11-10-6-4-7-12-8-10/h9-11H,3-8H2,1-2H3. The number of nitrogens with one attached hydrogen (secondary N) is 1. The van der Waals surface area contributed by atoms with Crippen LogP contribution in [-0.4, -0.2) is 25.3 Å². The van der Waals surface area contributed by atoms with Crippen LogP contribution in [0.25, 0.3) is 0 Å². The van der Waals surface area contributed by atoms with Crippen LogP contribution in [0.3, 0.4) is 0 Å². The Balaban J connectivity index is 2.11. The normalized spacial score (nSPS) is 27.0. The molecule has 0 saturated carbocycles. The zero-order chi connectivity index (χ0) is 8.81. The minimum Gasteiger partial charge on any atom is -0.380 e. The summed E-state index contributed by atoms with van der Waals surface area (Å²) >= 11 is 0. The summed E-state index contributed by atoms with van der Waals surface area (Å²) in [4.78, 5) is 0. The Hall–Kier alpha value is -0.0800. The molecule has 0 amide bonds. The fraction of sp³-hybridized carbons (Fsp3) is 1.00. The lowest BCUT2D eigenvalue weighted by atomic mass is 10.1. The summed E-state index contributed by atoms with van der Waals surface area (Å²) in [6.07, 6.45) is 5.04. The lowest BCUT2D eigenvalue weighted by Gasteiger charge is -2.26. The molecule has 1 saturated heterocycles. The van der Waals surface area contributed by atoms with E-state index in [0.717, 1.165) is 13.2 Å². The highest BCUT2D eigenvalue weighted by atomic mass is 16.5. The molecule has 0 aliphatic carbocycles. The third-order valence-corrected chi connectivity index (χ3v) is 2.40. The van der Waals surface area contributed by atoms with Crippen molar-refractivity contribution in [2.24, 2.45) is 0 Å². The molecule has 1 heterocycles. The van der Waals surface area contributed by atoms with Gasteiger partial charge in [0.1, 0.15) is 0 Å². The van der Waals surface area contributed by atoms with Crippen molar-refractivity contribution in [1.82, 2.24) is 5.32 Å². The molecule has 0 aromatic heterocycles. The second-order valence-corrected chi connectivity index (χ2v) is 3.77. The molecule has 72 valence electrons. The second-order valence-electron chi connectivity index (χ2n) is 3.77. The minimum atomic E-state index is 0.611. The molecule has 12 heavy (non-hydrogen) atoms. The molecular weight excluding hydrogens is 150 g/mol. The molecule has 1 N–H and O–H groups in total. The molecule has 1 aliphatic rings. The van der Waals surface area contributed by atoms with E-state index in [4.69, 9.17) is 4.74 Å². The number of ether oxygens (including phenoxy) is 1. The summed E-state index contributed by atoms with van der Waals surface area (Å²) in [6.45, 7) is 6.36. The fourth-order valence-electron chi connectivity index (χ4n) is 1.79. The van der Waals surface area contributed by atoms with Crippen LogP contribution in [0, 0.1) is 0 Å². The molecule has 0 radical (unpaired) electrons. The van der Waals surface area contributed by atoms with Gasteiger partial charge in [0.25, 0.3) is 0 Å². The zero-order valence-corrected chi connectivity index (χ0v) is 8.31. The van der Waals surface area contributed by atoms with E-state index < -0.39 is 0 Å².